The summed E-state index contributed by atoms with van der Waals surface area (Å²) in [6, 6.07) is 12.4. The average molecular weight is 186 g/mol. The van der Waals surface area contributed by atoms with Crippen LogP contribution in [0.4, 0.5) is 0 Å². The predicted octanol–water partition coefficient (Wildman–Crippen LogP) is 2.35. The van der Waals surface area contributed by atoms with Crippen molar-refractivity contribution >= 4 is 0 Å². The normalized spacial score (nSPS) is 19.1. The van der Waals surface area contributed by atoms with Crippen LogP contribution in [0.2, 0.25) is 0 Å². The zero-order valence-electron chi connectivity index (χ0n) is 8.19. The highest BCUT2D eigenvalue weighted by Gasteiger charge is 2.22. The zero-order chi connectivity index (χ0) is 9.80. The first-order valence-corrected chi connectivity index (χ1v) is 5.10. The molecule has 2 nitrogen and oxygen atoms in total. The van der Waals surface area contributed by atoms with Crippen LogP contribution in [0.15, 0.2) is 30.3 Å². The van der Waals surface area contributed by atoms with Gasteiger partial charge in [-0.15, -0.1) is 0 Å². The Morgan fingerprint density at radius 3 is 2.36 bits per heavy atom. The monoisotopic (exact) mass is 186 g/mol. The first-order chi connectivity index (χ1) is 6.92. The highest BCUT2D eigenvalue weighted by molar-refractivity contribution is 5.24. The molecule has 0 bridgehead atoms. The Balaban J connectivity index is 2.18. The Morgan fingerprint density at radius 2 is 1.79 bits per heavy atom. The van der Waals surface area contributed by atoms with Gasteiger partial charge >= 0.3 is 0 Å². The molecule has 1 aliphatic heterocycles. The van der Waals surface area contributed by atoms with E-state index in [1.165, 1.54) is 12.8 Å². The topological polar surface area (TPSA) is 27.0 Å². The molecule has 1 aromatic rings. The number of likely N-dealkylation sites (tertiary alicyclic amines) is 1. The number of nitriles is 1. The predicted molar refractivity (Wildman–Crippen MR) is 55.6 cm³/mol. The number of benzene rings is 1. The molecule has 0 saturated carbocycles. The third kappa shape index (κ3) is 1.78. The smallest absolute Gasteiger partial charge is 0.123 e. The Hall–Kier alpha value is -1.33. The highest BCUT2D eigenvalue weighted by Crippen LogP contribution is 2.23. The van der Waals surface area contributed by atoms with Crippen LogP contribution in [0.3, 0.4) is 0 Å². The summed E-state index contributed by atoms with van der Waals surface area (Å²) in [5.41, 5.74) is 1.12. The largest absolute Gasteiger partial charge is 0.284 e. The first kappa shape index (κ1) is 9.23. The highest BCUT2D eigenvalue weighted by atomic mass is 15.2. The van der Waals surface area contributed by atoms with Crippen LogP contribution in [0, 0.1) is 11.3 Å². The lowest BCUT2D eigenvalue weighted by Gasteiger charge is -2.21. The molecule has 2 rings (SSSR count). The van der Waals surface area contributed by atoms with Crippen LogP contribution in [0.1, 0.15) is 24.4 Å². The Morgan fingerprint density at radius 1 is 1.14 bits per heavy atom. The van der Waals surface area contributed by atoms with E-state index in [0.717, 1.165) is 18.7 Å². The first-order valence-electron chi connectivity index (χ1n) is 5.10. The molecular weight excluding hydrogens is 172 g/mol. The quantitative estimate of drug-likeness (QED) is 0.709. The van der Waals surface area contributed by atoms with Gasteiger partial charge in [0, 0.05) is 0 Å². The van der Waals surface area contributed by atoms with E-state index in [4.69, 9.17) is 5.26 Å². The minimum atomic E-state index is -0.0429. The van der Waals surface area contributed by atoms with Crippen molar-refractivity contribution in [3.05, 3.63) is 35.9 Å². The number of rotatable bonds is 2. The van der Waals surface area contributed by atoms with Gasteiger partial charge in [-0.05, 0) is 31.5 Å². The summed E-state index contributed by atoms with van der Waals surface area (Å²) >= 11 is 0. The van der Waals surface area contributed by atoms with E-state index < -0.39 is 0 Å². The third-order valence-corrected chi connectivity index (χ3v) is 2.74. The molecule has 0 N–H and O–H groups in total. The maximum atomic E-state index is 9.15. The van der Waals surface area contributed by atoms with Gasteiger partial charge in [0.25, 0.3) is 0 Å². The van der Waals surface area contributed by atoms with Gasteiger partial charge in [0.2, 0.25) is 0 Å². The van der Waals surface area contributed by atoms with Crippen LogP contribution in [0.25, 0.3) is 0 Å². The molecule has 1 heterocycles. The lowest BCUT2D eigenvalue weighted by atomic mass is 10.1. The second-order valence-corrected chi connectivity index (χ2v) is 3.69. The molecule has 72 valence electrons. The van der Waals surface area contributed by atoms with Crippen molar-refractivity contribution in [2.45, 2.75) is 18.9 Å². The van der Waals surface area contributed by atoms with Gasteiger partial charge in [0.05, 0.1) is 6.07 Å². The van der Waals surface area contributed by atoms with E-state index in [1.807, 2.05) is 30.3 Å². The van der Waals surface area contributed by atoms with Crippen molar-refractivity contribution in [2.75, 3.05) is 13.1 Å². The summed E-state index contributed by atoms with van der Waals surface area (Å²) in [4.78, 5) is 2.26. The molecule has 1 atom stereocenters. The lowest BCUT2D eigenvalue weighted by Crippen LogP contribution is -2.24. The standard InChI is InChI=1S/C12H14N2/c13-10-12(14-8-4-5-9-14)11-6-2-1-3-7-11/h1-3,6-7,12H,4-5,8-9H2/t12-/m0/s1. The van der Waals surface area contributed by atoms with Gasteiger partial charge in [-0.25, -0.2) is 0 Å². The Bertz CT molecular complexity index is 320. The minimum Gasteiger partial charge on any atom is -0.284 e. The lowest BCUT2D eigenvalue weighted by molar-refractivity contribution is 0.294. The number of hydrogen-bond donors (Lipinski definition) is 0. The Kier molecular flexibility index (Phi) is 2.81. The molecule has 0 spiro atoms. The van der Waals surface area contributed by atoms with Crippen molar-refractivity contribution in [3.8, 4) is 6.07 Å². The SMILES string of the molecule is N#C[C@@H](c1ccccc1)N1CCCC1. The van der Waals surface area contributed by atoms with Crippen molar-refractivity contribution < 1.29 is 0 Å². The van der Waals surface area contributed by atoms with Crippen LogP contribution < -0.4 is 0 Å². The fourth-order valence-electron chi connectivity index (χ4n) is 2.00. The molecule has 1 fully saturated rings. The molecule has 0 radical (unpaired) electrons. The van der Waals surface area contributed by atoms with Gasteiger partial charge in [-0.2, -0.15) is 5.26 Å². The van der Waals surface area contributed by atoms with Gasteiger partial charge in [0.15, 0.2) is 0 Å². The average Bonchev–Trinajstić information content (AvgIpc) is 2.74. The maximum absolute atomic E-state index is 9.15. The molecule has 1 aromatic carbocycles. The molecular formula is C12H14N2. The van der Waals surface area contributed by atoms with E-state index in [-0.39, 0.29) is 6.04 Å². The molecule has 2 heteroatoms. The van der Waals surface area contributed by atoms with Crippen molar-refractivity contribution in [1.82, 2.24) is 4.90 Å². The second-order valence-electron chi connectivity index (χ2n) is 3.69. The van der Waals surface area contributed by atoms with E-state index in [9.17, 15) is 0 Å². The second kappa shape index (κ2) is 4.26. The van der Waals surface area contributed by atoms with E-state index in [1.54, 1.807) is 0 Å². The molecule has 0 aliphatic carbocycles. The molecule has 0 unspecified atom stereocenters. The fraction of sp³-hybridized carbons (Fsp3) is 0.417. The van der Waals surface area contributed by atoms with Crippen molar-refractivity contribution in [1.29, 1.82) is 5.26 Å². The van der Waals surface area contributed by atoms with Crippen molar-refractivity contribution in [2.24, 2.45) is 0 Å². The molecule has 1 saturated heterocycles. The van der Waals surface area contributed by atoms with Crippen LogP contribution in [-0.4, -0.2) is 18.0 Å². The molecule has 14 heavy (non-hydrogen) atoms. The van der Waals surface area contributed by atoms with Gasteiger partial charge < -0.3 is 0 Å². The minimum absolute atomic E-state index is 0.0429. The van der Waals surface area contributed by atoms with Crippen LogP contribution >= 0.6 is 0 Å². The van der Waals surface area contributed by atoms with Crippen molar-refractivity contribution in [3.63, 3.8) is 0 Å². The summed E-state index contributed by atoms with van der Waals surface area (Å²) in [5, 5.41) is 9.15. The van der Waals surface area contributed by atoms with E-state index in [2.05, 4.69) is 11.0 Å². The van der Waals surface area contributed by atoms with Gasteiger partial charge in [-0.3, -0.25) is 4.90 Å². The molecule has 1 aliphatic rings. The summed E-state index contributed by atoms with van der Waals surface area (Å²) < 4.78 is 0. The van der Waals surface area contributed by atoms with Crippen LogP contribution in [0.5, 0.6) is 0 Å². The fourth-order valence-corrected chi connectivity index (χ4v) is 2.00. The Labute approximate surface area is 84.8 Å². The summed E-state index contributed by atoms with van der Waals surface area (Å²) in [6.07, 6.45) is 2.45. The number of nitrogens with zero attached hydrogens (tertiary/aromatic N) is 2. The molecule has 0 aromatic heterocycles. The maximum Gasteiger partial charge on any atom is 0.123 e. The number of hydrogen-bond acceptors (Lipinski definition) is 2. The van der Waals surface area contributed by atoms with Crippen LogP contribution in [-0.2, 0) is 0 Å². The third-order valence-electron chi connectivity index (χ3n) is 2.74. The van der Waals surface area contributed by atoms with E-state index >= 15 is 0 Å². The van der Waals surface area contributed by atoms with Gasteiger partial charge in [0.1, 0.15) is 6.04 Å². The van der Waals surface area contributed by atoms with Gasteiger partial charge in [-0.1, -0.05) is 30.3 Å². The van der Waals surface area contributed by atoms with E-state index in [0.29, 0.717) is 0 Å². The summed E-state index contributed by atoms with van der Waals surface area (Å²) in [6.45, 7) is 2.13. The molecule has 0 amide bonds. The summed E-state index contributed by atoms with van der Waals surface area (Å²) in [5.74, 6) is 0. The zero-order valence-corrected chi connectivity index (χ0v) is 8.19. The summed E-state index contributed by atoms with van der Waals surface area (Å²) in [7, 11) is 0.